The van der Waals surface area contributed by atoms with Crippen molar-refractivity contribution in [2.24, 2.45) is 0 Å². The maximum atomic E-state index is 14.4. The van der Waals surface area contributed by atoms with Crippen molar-refractivity contribution in [1.82, 2.24) is 29.6 Å². The van der Waals surface area contributed by atoms with E-state index in [1.165, 1.54) is 16.9 Å². The number of hydrogen-bond acceptors (Lipinski definition) is 5. The van der Waals surface area contributed by atoms with Gasteiger partial charge in [-0.15, -0.1) is 15.3 Å². The molecule has 1 amide bonds. The highest BCUT2D eigenvalue weighted by atomic mass is 19.1. The van der Waals surface area contributed by atoms with Crippen molar-refractivity contribution in [2.75, 3.05) is 5.32 Å². The largest absolute Gasteiger partial charge is 0.310 e. The number of carbonyl (C=O) groups is 1. The van der Waals surface area contributed by atoms with Gasteiger partial charge in [-0.05, 0) is 30.7 Å². The van der Waals surface area contributed by atoms with E-state index in [-0.39, 0.29) is 18.1 Å². The standard InChI is InChI=1S/C18H14FN7O/c1-10-17-12(11-4-2-3-5-13(11)19)8-16(27)21-18(17)26(23-10)15-7-6-14-22-20-9-25(14)24-15/h2-7,9,12H,8H2,1H3,(H,21,27)/t12-/m1/s1. The quantitative estimate of drug-likeness (QED) is 0.590. The van der Waals surface area contributed by atoms with Crippen molar-refractivity contribution in [2.45, 2.75) is 19.3 Å². The Bertz CT molecular complexity index is 1200. The molecular formula is C18H14FN7O. The molecule has 4 aromatic rings. The predicted molar refractivity (Wildman–Crippen MR) is 94.1 cm³/mol. The molecular weight excluding hydrogens is 349 g/mol. The first-order valence-corrected chi connectivity index (χ1v) is 8.43. The van der Waals surface area contributed by atoms with E-state index in [9.17, 15) is 9.18 Å². The van der Waals surface area contributed by atoms with Gasteiger partial charge in [0, 0.05) is 17.9 Å². The lowest BCUT2D eigenvalue weighted by molar-refractivity contribution is -0.116. The molecule has 3 aromatic heterocycles. The van der Waals surface area contributed by atoms with E-state index in [0.29, 0.717) is 28.5 Å². The van der Waals surface area contributed by atoms with Crippen LogP contribution in [0.15, 0.2) is 42.7 Å². The van der Waals surface area contributed by atoms with Gasteiger partial charge in [0.25, 0.3) is 0 Å². The summed E-state index contributed by atoms with van der Waals surface area (Å²) in [5, 5.41) is 19.6. The van der Waals surface area contributed by atoms with Gasteiger partial charge in [0.2, 0.25) is 5.91 Å². The van der Waals surface area contributed by atoms with Gasteiger partial charge < -0.3 is 5.32 Å². The van der Waals surface area contributed by atoms with Gasteiger partial charge in [-0.2, -0.15) is 14.3 Å². The number of nitrogens with one attached hydrogen (secondary N) is 1. The van der Waals surface area contributed by atoms with Gasteiger partial charge >= 0.3 is 0 Å². The van der Waals surface area contributed by atoms with Crippen LogP contribution >= 0.6 is 0 Å². The zero-order chi connectivity index (χ0) is 18.5. The number of rotatable bonds is 2. The van der Waals surface area contributed by atoms with Crippen LogP contribution in [0.4, 0.5) is 10.2 Å². The summed E-state index contributed by atoms with van der Waals surface area (Å²) in [6.45, 7) is 1.85. The molecule has 4 heterocycles. The Morgan fingerprint density at radius 2 is 2.04 bits per heavy atom. The number of amides is 1. The Balaban J connectivity index is 1.70. The molecule has 0 unspecified atom stereocenters. The van der Waals surface area contributed by atoms with Crippen molar-refractivity contribution in [3.63, 3.8) is 0 Å². The van der Waals surface area contributed by atoms with Gasteiger partial charge in [-0.3, -0.25) is 4.79 Å². The summed E-state index contributed by atoms with van der Waals surface area (Å²) in [6.07, 6.45) is 1.65. The Morgan fingerprint density at radius 3 is 2.89 bits per heavy atom. The second-order valence-electron chi connectivity index (χ2n) is 6.41. The van der Waals surface area contributed by atoms with E-state index >= 15 is 0 Å². The number of carbonyl (C=O) groups excluding carboxylic acids is 1. The SMILES string of the molecule is Cc1nn(-c2ccc3nncn3n2)c2c1[C@@H](c1ccccc1F)CC(=O)N2. The fourth-order valence-corrected chi connectivity index (χ4v) is 3.57. The van der Waals surface area contributed by atoms with Crippen LogP contribution in [0.3, 0.4) is 0 Å². The number of hydrogen-bond donors (Lipinski definition) is 1. The average Bonchev–Trinajstić information content (AvgIpc) is 3.25. The monoisotopic (exact) mass is 363 g/mol. The molecule has 1 aliphatic rings. The molecule has 0 saturated heterocycles. The van der Waals surface area contributed by atoms with Crippen LogP contribution in [0.2, 0.25) is 0 Å². The minimum Gasteiger partial charge on any atom is -0.310 e. The van der Waals surface area contributed by atoms with Crippen LogP contribution in [0.1, 0.15) is 29.2 Å². The molecule has 5 rings (SSSR count). The summed E-state index contributed by atoms with van der Waals surface area (Å²) in [5.41, 5.74) is 2.59. The molecule has 8 nitrogen and oxygen atoms in total. The topological polar surface area (TPSA) is 90.0 Å². The highest BCUT2D eigenvalue weighted by Gasteiger charge is 2.34. The van der Waals surface area contributed by atoms with Crippen molar-refractivity contribution in [3.05, 3.63) is 65.4 Å². The van der Waals surface area contributed by atoms with Gasteiger partial charge in [-0.1, -0.05) is 18.2 Å². The number of halogens is 1. The summed E-state index contributed by atoms with van der Waals surface area (Å²) >= 11 is 0. The lowest BCUT2D eigenvalue weighted by Crippen LogP contribution is -2.25. The summed E-state index contributed by atoms with van der Waals surface area (Å²) < 4.78 is 17.5. The summed E-state index contributed by atoms with van der Waals surface area (Å²) in [6, 6.07) is 10.0. The number of nitrogens with zero attached hydrogens (tertiary/aromatic N) is 6. The maximum Gasteiger partial charge on any atom is 0.226 e. The van der Waals surface area contributed by atoms with Crippen LogP contribution in [0.25, 0.3) is 11.5 Å². The Kier molecular flexibility index (Phi) is 3.30. The zero-order valence-corrected chi connectivity index (χ0v) is 14.3. The highest BCUT2D eigenvalue weighted by molar-refractivity contribution is 5.95. The summed E-state index contributed by atoms with van der Waals surface area (Å²) in [4.78, 5) is 12.4. The van der Waals surface area contributed by atoms with Crippen LogP contribution < -0.4 is 5.32 Å². The Labute approximate surface area is 152 Å². The number of benzene rings is 1. The third-order valence-corrected chi connectivity index (χ3v) is 4.75. The Hall–Kier alpha value is -3.62. The third-order valence-electron chi connectivity index (χ3n) is 4.75. The summed E-state index contributed by atoms with van der Waals surface area (Å²) in [7, 11) is 0. The van der Waals surface area contributed by atoms with Gasteiger partial charge in [0.05, 0.1) is 5.69 Å². The summed E-state index contributed by atoms with van der Waals surface area (Å²) in [5.74, 6) is 0.0852. The molecule has 0 aliphatic carbocycles. The zero-order valence-electron chi connectivity index (χ0n) is 14.3. The van der Waals surface area contributed by atoms with E-state index in [1.54, 1.807) is 35.0 Å². The van der Waals surface area contributed by atoms with E-state index in [4.69, 9.17) is 0 Å². The van der Waals surface area contributed by atoms with Gasteiger partial charge in [0.15, 0.2) is 11.5 Å². The lowest BCUT2D eigenvalue weighted by Gasteiger charge is -2.24. The minimum absolute atomic E-state index is 0.165. The van der Waals surface area contributed by atoms with Gasteiger partial charge in [-0.25, -0.2) is 4.39 Å². The molecule has 0 saturated carbocycles. The number of anilines is 1. The van der Waals surface area contributed by atoms with Crippen LogP contribution in [0, 0.1) is 12.7 Å². The molecule has 0 spiro atoms. The van der Waals surface area contributed by atoms with Crippen LogP contribution in [-0.2, 0) is 4.79 Å². The molecule has 9 heteroatoms. The van der Waals surface area contributed by atoms with Crippen molar-refractivity contribution >= 4 is 17.4 Å². The smallest absolute Gasteiger partial charge is 0.226 e. The molecule has 134 valence electrons. The normalized spacial score (nSPS) is 16.4. The molecule has 0 bridgehead atoms. The van der Waals surface area contributed by atoms with E-state index in [0.717, 1.165) is 5.56 Å². The fourth-order valence-electron chi connectivity index (χ4n) is 3.57. The third kappa shape index (κ3) is 2.39. The highest BCUT2D eigenvalue weighted by Crippen LogP contribution is 2.40. The molecule has 1 atom stereocenters. The lowest BCUT2D eigenvalue weighted by atomic mass is 9.85. The Morgan fingerprint density at radius 1 is 1.19 bits per heavy atom. The molecule has 0 radical (unpaired) electrons. The first-order valence-electron chi connectivity index (χ1n) is 8.43. The molecule has 1 aliphatic heterocycles. The average molecular weight is 363 g/mol. The first kappa shape index (κ1) is 15.6. The van der Waals surface area contributed by atoms with Crippen molar-refractivity contribution < 1.29 is 9.18 Å². The molecule has 1 aromatic carbocycles. The van der Waals surface area contributed by atoms with E-state index in [1.807, 2.05) is 6.92 Å². The number of fused-ring (bicyclic) bond motifs is 2. The van der Waals surface area contributed by atoms with E-state index in [2.05, 4.69) is 25.7 Å². The fraction of sp³-hybridized carbons (Fsp3) is 0.167. The maximum absolute atomic E-state index is 14.4. The molecule has 0 fully saturated rings. The van der Waals surface area contributed by atoms with Gasteiger partial charge in [0.1, 0.15) is 18.0 Å². The minimum atomic E-state index is -0.401. The van der Waals surface area contributed by atoms with Crippen molar-refractivity contribution in [3.8, 4) is 5.82 Å². The van der Waals surface area contributed by atoms with Crippen LogP contribution in [0.5, 0.6) is 0 Å². The number of aromatic nitrogens is 6. The second-order valence-corrected chi connectivity index (χ2v) is 6.41. The van der Waals surface area contributed by atoms with E-state index < -0.39 is 5.92 Å². The van der Waals surface area contributed by atoms with Crippen LogP contribution in [-0.4, -0.2) is 35.5 Å². The second kappa shape index (κ2) is 5.70. The van der Waals surface area contributed by atoms with Crippen molar-refractivity contribution in [1.29, 1.82) is 0 Å². The predicted octanol–water partition coefficient (Wildman–Crippen LogP) is 2.23. The first-order chi connectivity index (χ1) is 13.1. The molecule has 1 N–H and O–H groups in total. The number of aryl methyl sites for hydroxylation is 1. The molecule has 27 heavy (non-hydrogen) atoms.